The molecule has 1 amide bonds. The van der Waals surface area contributed by atoms with Gasteiger partial charge in [0.2, 0.25) is 0 Å². The summed E-state index contributed by atoms with van der Waals surface area (Å²) in [5, 5.41) is 6.35. The Morgan fingerprint density at radius 3 is 2.41 bits per heavy atom. The fourth-order valence-electron chi connectivity index (χ4n) is 3.21. The summed E-state index contributed by atoms with van der Waals surface area (Å²) in [6.45, 7) is 3.25. The van der Waals surface area contributed by atoms with Gasteiger partial charge < -0.3 is 5.32 Å². The van der Waals surface area contributed by atoms with Crippen molar-refractivity contribution >= 4 is 23.0 Å². The first kappa shape index (κ1) is 21.2. The Bertz CT molecular complexity index is 1340. The van der Waals surface area contributed by atoms with Crippen LogP contribution in [0.4, 0.5) is 18.9 Å². The summed E-state index contributed by atoms with van der Waals surface area (Å²) in [5.41, 5.74) is 0.810. The molecule has 0 radical (unpaired) electrons. The third-order valence-electron chi connectivity index (χ3n) is 4.88. The van der Waals surface area contributed by atoms with E-state index in [1.807, 2.05) is 6.92 Å². The van der Waals surface area contributed by atoms with Crippen molar-refractivity contribution in [2.24, 2.45) is 0 Å². The zero-order valence-electron chi connectivity index (χ0n) is 17.1. The van der Waals surface area contributed by atoms with Crippen LogP contribution >= 0.6 is 0 Å². The highest BCUT2D eigenvalue weighted by Gasteiger charge is 2.36. The number of aromatic nitrogens is 3. The topological polar surface area (TPSA) is 76.4 Å². The standard InChI is InChI=1S/C23H17F3N4O2/c1-13-6-8-15(9-7-13)19-11-20(23(24,25)26)30-21(29-19)18(12-27-30)22(32)28-17-5-3-4-16(10-17)14(2)31/h3-12H,1-2H3,(H,28,32). The number of nitrogens with zero attached hydrogens (tertiary/aromatic N) is 3. The minimum absolute atomic E-state index is 0.0675. The van der Waals surface area contributed by atoms with Gasteiger partial charge in [0.25, 0.3) is 5.91 Å². The lowest BCUT2D eigenvalue weighted by Crippen LogP contribution is -2.16. The molecule has 162 valence electrons. The van der Waals surface area contributed by atoms with Crippen LogP contribution in [-0.2, 0) is 6.18 Å². The Balaban J connectivity index is 1.81. The number of nitrogens with one attached hydrogen (secondary N) is 1. The highest BCUT2D eigenvalue weighted by atomic mass is 19.4. The van der Waals surface area contributed by atoms with E-state index in [1.165, 1.54) is 13.0 Å². The maximum absolute atomic E-state index is 13.7. The third kappa shape index (κ3) is 4.09. The number of Topliss-reactive ketones (excluding diaryl/α,β-unsaturated/α-hetero) is 1. The van der Waals surface area contributed by atoms with Gasteiger partial charge in [-0.1, -0.05) is 42.0 Å². The minimum Gasteiger partial charge on any atom is -0.322 e. The summed E-state index contributed by atoms with van der Waals surface area (Å²) in [6, 6.07) is 14.0. The number of halogens is 3. The van der Waals surface area contributed by atoms with Gasteiger partial charge in [-0.15, -0.1) is 0 Å². The normalized spacial score (nSPS) is 11.5. The molecule has 0 aliphatic rings. The number of fused-ring (bicyclic) bond motifs is 1. The maximum atomic E-state index is 13.7. The van der Waals surface area contributed by atoms with E-state index in [2.05, 4.69) is 15.4 Å². The smallest absolute Gasteiger partial charge is 0.322 e. The molecule has 6 nitrogen and oxygen atoms in total. The molecule has 0 bridgehead atoms. The number of alkyl halides is 3. The van der Waals surface area contributed by atoms with Gasteiger partial charge in [-0.3, -0.25) is 9.59 Å². The van der Waals surface area contributed by atoms with Gasteiger partial charge in [0.15, 0.2) is 17.1 Å². The van der Waals surface area contributed by atoms with Crippen LogP contribution in [0.2, 0.25) is 0 Å². The fraction of sp³-hybridized carbons (Fsp3) is 0.130. The summed E-state index contributed by atoms with van der Waals surface area (Å²) >= 11 is 0. The lowest BCUT2D eigenvalue weighted by atomic mass is 10.1. The van der Waals surface area contributed by atoms with Gasteiger partial charge in [0, 0.05) is 16.8 Å². The number of rotatable bonds is 4. The number of aryl methyl sites for hydroxylation is 1. The zero-order chi connectivity index (χ0) is 23.0. The van der Waals surface area contributed by atoms with Crippen molar-refractivity contribution in [2.45, 2.75) is 20.0 Å². The van der Waals surface area contributed by atoms with Crippen LogP contribution < -0.4 is 5.32 Å². The van der Waals surface area contributed by atoms with E-state index in [0.717, 1.165) is 17.8 Å². The highest BCUT2D eigenvalue weighted by Crippen LogP contribution is 2.33. The first-order valence-electron chi connectivity index (χ1n) is 9.59. The second-order valence-corrected chi connectivity index (χ2v) is 7.28. The molecule has 0 aliphatic heterocycles. The Morgan fingerprint density at radius 2 is 1.75 bits per heavy atom. The van der Waals surface area contributed by atoms with Crippen molar-refractivity contribution in [1.29, 1.82) is 0 Å². The number of anilines is 1. The molecule has 0 unspecified atom stereocenters. The van der Waals surface area contributed by atoms with Gasteiger partial charge in [0.1, 0.15) is 5.56 Å². The molecule has 2 aromatic heterocycles. The molecule has 2 heterocycles. The number of carbonyl (C=O) groups excluding carboxylic acids is 2. The number of carbonyl (C=O) groups is 2. The van der Waals surface area contributed by atoms with E-state index in [0.29, 0.717) is 21.3 Å². The van der Waals surface area contributed by atoms with Crippen LogP contribution in [0.5, 0.6) is 0 Å². The second-order valence-electron chi connectivity index (χ2n) is 7.28. The molecule has 0 spiro atoms. The number of hydrogen-bond acceptors (Lipinski definition) is 4. The van der Waals surface area contributed by atoms with E-state index in [1.54, 1.807) is 42.5 Å². The summed E-state index contributed by atoms with van der Waals surface area (Å²) in [4.78, 5) is 28.7. The summed E-state index contributed by atoms with van der Waals surface area (Å²) in [6.07, 6.45) is -3.67. The van der Waals surface area contributed by atoms with Crippen LogP contribution in [0, 0.1) is 6.92 Å². The van der Waals surface area contributed by atoms with Crippen molar-refractivity contribution in [1.82, 2.24) is 14.6 Å². The molecule has 0 fully saturated rings. The summed E-state index contributed by atoms with van der Waals surface area (Å²) in [7, 11) is 0. The lowest BCUT2D eigenvalue weighted by Gasteiger charge is -2.12. The monoisotopic (exact) mass is 438 g/mol. The first-order valence-corrected chi connectivity index (χ1v) is 9.59. The average molecular weight is 438 g/mol. The molecule has 0 saturated heterocycles. The molecule has 4 aromatic rings. The number of amides is 1. The maximum Gasteiger partial charge on any atom is 0.433 e. The van der Waals surface area contributed by atoms with Gasteiger partial charge in [-0.05, 0) is 32.0 Å². The van der Waals surface area contributed by atoms with E-state index in [4.69, 9.17) is 0 Å². The van der Waals surface area contributed by atoms with Gasteiger partial charge in [0.05, 0.1) is 11.9 Å². The van der Waals surface area contributed by atoms with Crippen molar-refractivity contribution in [3.05, 3.63) is 83.2 Å². The molecule has 0 saturated carbocycles. The molecular weight excluding hydrogens is 421 g/mol. The Kier molecular flexibility index (Phi) is 5.25. The van der Waals surface area contributed by atoms with E-state index in [-0.39, 0.29) is 22.7 Å². The van der Waals surface area contributed by atoms with Crippen LogP contribution in [0.3, 0.4) is 0 Å². The summed E-state index contributed by atoms with van der Waals surface area (Å²) in [5.74, 6) is -0.876. The van der Waals surface area contributed by atoms with E-state index in [9.17, 15) is 22.8 Å². The van der Waals surface area contributed by atoms with Crippen LogP contribution in [-0.4, -0.2) is 26.3 Å². The molecule has 32 heavy (non-hydrogen) atoms. The average Bonchev–Trinajstić information content (AvgIpc) is 3.17. The molecular formula is C23H17F3N4O2. The third-order valence-corrected chi connectivity index (χ3v) is 4.88. The minimum atomic E-state index is -4.71. The second kappa shape index (κ2) is 7.92. The van der Waals surface area contributed by atoms with Crippen molar-refractivity contribution in [2.75, 3.05) is 5.32 Å². The number of hydrogen-bond donors (Lipinski definition) is 1. The predicted molar refractivity (Wildman–Crippen MR) is 113 cm³/mol. The fourth-order valence-corrected chi connectivity index (χ4v) is 3.21. The molecule has 1 N–H and O–H groups in total. The van der Waals surface area contributed by atoms with Crippen molar-refractivity contribution in [3.63, 3.8) is 0 Å². The number of benzene rings is 2. The molecule has 0 atom stereocenters. The van der Waals surface area contributed by atoms with E-state index < -0.39 is 17.8 Å². The molecule has 2 aromatic carbocycles. The number of ketones is 1. The molecule has 9 heteroatoms. The van der Waals surface area contributed by atoms with Crippen molar-refractivity contribution < 1.29 is 22.8 Å². The SMILES string of the molecule is CC(=O)c1cccc(NC(=O)c2cnn3c(C(F)(F)F)cc(-c4ccc(C)cc4)nc23)c1. The van der Waals surface area contributed by atoms with Crippen LogP contribution in [0.15, 0.2) is 60.8 Å². The lowest BCUT2D eigenvalue weighted by molar-refractivity contribution is -0.142. The van der Waals surface area contributed by atoms with Gasteiger partial charge in [-0.25, -0.2) is 9.50 Å². The van der Waals surface area contributed by atoms with E-state index >= 15 is 0 Å². The zero-order valence-corrected chi connectivity index (χ0v) is 17.1. The highest BCUT2D eigenvalue weighted by molar-refractivity contribution is 6.08. The Morgan fingerprint density at radius 1 is 1.03 bits per heavy atom. The summed E-state index contributed by atoms with van der Waals surface area (Å²) < 4.78 is 41.8. The van der Waals surface area contributed by atoms with Crippen LogP contribution in [0.25, 0.3) is 16.9 Å². The van der Waals surface area contributed by atoms with Gasteiger partial charge >= 0.3 is 6.18 Å². The predicted octanol–water partition coefficient (Wildman–Crippen LogP) is 5.18. The van der Waals surface area contributed by atoms with Crippen LogP contribution in [0.1, 0.15) is 38.9 Å². The molecule has 0 aliphatic carbocycles. The largest absolute Gasteiger partial charge is 0.433 e. The van der Waals surface area contributed by atoms with Crippen molar-refractivity contribution in [3.8, 4) is 11.3 Å². The van der Waals surface area contributed by atoms with Gasteiger partial charge in [-0.2, -0.15) is 18.3 Å². The molecule has 4 rings (SSSR count). The quantitative estimate of drug-likeness (QED) is 0.446. The Labute approximate surface area is 180 Å². The Hall–Kier alpha value is -4.01. The first-order chi connectivity index (χ1) is 15.1.